The predicted molar refractivity (Wildman–Crippen MR) is 129 cm³/mol. The van der Waals surface area contributed by atoms with E-state index in [0.717, 1.165) is 34.6 Å². The molecule has 4 rings (SSSR count). The van der Waals surface area contributed by atoms with E-state index in [1.807, 2.05) is 42.5 Å². The van der Waals surface area contributed by atoms with Gasteiger partial charge in [-0.1, -0.05) is 12.1 Å². The monoisotopic (exact) mass is 445 g/mol. The van der Waals surface area contributed by atoms with Crippen molar-refractivity contribution in [1.29, 1.82) is 0 Å². The molecule has 2 aromatic heterocycles. The van der Waals surface area contributed by atoms with Gasteiger partial charge in [-0.15, -0.1) is 0 Å². The maximum Gasteiger partial charge on any atom is 0.226 e. The first kappa shape index (κ1) is 22.1. The van der Waals surface area contributed by atoms with Crippen LogP contribution in [0.25, 0.3) is 11.0 Å². The second-order valence-electron chi connectivity index (χ2n) is 7.37. The van der Waals surface area contributed by atoms with Crippen molar-refractivity contribution in [3.05, 3.63) is 71.9 Å². The lowest BCUT2D eigenvalue weighted by molar-refractivity contribution is 0.393. The Morgan fingerprint density at radius 2 is 1.48 bits per heavy atom. The molecule has 0 aliphatic carbocycles. The summed E-state index contributed by atoms with van der Waals surface area (Å²) in [6.07, 6.45) is 2.56. The molecule has 0 aliphatic rings. The van der Waals surface area contributed by atoms with Crippen molar-refractivity contribution in [3.63, 3.8) is 0 Å². The summed E-state index contributed by atoms with van der Waals surface area (Å²) in [5, 5.41) is 7.58. The van der Waals surface area contributed by atoms with Gasteiger partial charge in [0.05, 0.1) is 26.7 Å². The Labute approximate surface area is 193 Å². The molecule has 0 radical (unpaired) electrons. The molecule has 0 spiro atoms. The number of anilines is 2. The molecule has 0 fully saturated rings. The summed E-state index contributed by atoms with van der Waals surface area (Å²) < 4.78 is 16.0. The van der Waals surface area contributed by atoms with Gasteiger partial charge in [0.2, 0.25) is 5.95 Å². The van der Waals surface area contributed by atoms with Crippen LogP contribution >= 0.6 is 0 Å². The third kappa shape index (κ3) is 5.60. The van der Waals surface area contributed by atoms with Crippen molar-refractivity contribution in [2.45, 2.75) is 13.0 Å². The standard InChI is InChI=1S/C25H27N5O3/c1-31-19-8-6-17(7-9-19)10-12-27-25-29-23-22(5-4-11-26-23)24(30-25)28-16-18-13-20(32-2)15-21(14-18)33-3/h4-9,11,13-15H,10,12,16H2,1-3H3,(H2,26,27,28,29,30). The molecule has 0 bridgehead atoms. The summed E-state index contributed by atoms with van der Waals surface area (Å²) in [5.41, 5.74) is 2.84. The average molecular weight is 446 g/mol. The van der Waals surface area contributed by atoms with Crippen molar-refractivity contribution in [1.82, 2.24) is 15.0 Å². The van der Waals surface area contributed by atoms with E-state index in [9.17, 15) is 0 Å². The van der Waals surface area contributed by atoms with Crippen LogP contribution in [-0.2, 0) is 13.0 Å². The first-order valence-electron chi connectivity index (χ1n) is 10.6. The fraction of sp³-hybridized carbons (Fsp3) is 0.240. The second kappa shape index (κ2) is 10.5. The number of hydrogen-bond acceptors (Lipinski definition) is 8. The number of methoxy groups -OCH3 is 3. The number of pyridine rings is 1. The number of ether oxygens (including phenoxy) is 3. The van der Waals surface area contributed by atoms with Crippen LogP contribution in [0.2, 0.25) is 0 Å². The highest BCUT2D eigenvalue weighted by molar-refractivity contribution is 5.87. The van der Waals surface area contributed by atoms with Crippen LogP contribution in [-0.4, -0.2) is 42.8 Å². The van der Waals surface area contributed by atoms with Crippen molar-refractivity contribution in [3.8, 4) is 17.2 Å². The van der Waals surface area contributed by atoms with Gasteiger partial charge in [-0.05, 0) is 53.9 Å². The largest absolute Gasteiger partial charge is 0.497 e. The van der Waals surface area contributed by atoms with Crippen LogP contribution in [0.15, 0.2) is 60.8 Å². The molecule has 0 saturated carbocycles. The highest BCUT2D eigenvalue weighted by Gasteiger charge is 2.10. The minimum Gasteiger partial charge on any atom is -0.497 e. The minimum absolute atomic E-state index is 0.528. The molecular formula is C25H27N5O3. The van der Waals surface area contributed by atoms with Gasteiger partial charge in [0.25, 0.3) is 0 Å². The summed E-state index contributed by atoms with van der Waals surface area (Å²) in [5.74, 6) is 3.56. The van der Waals surface area contributed by atoms with E-state index < -0.39 is 0 Å². The van der Waals surface area contributed by atoms with Crippen molar-refractivity contribution < 1.29 is 14.2 Å². The van der Waals surface area contributed by atoms with E-state index in [-0.39, 0.29) is 0 Å². The minimum atomic E-state index is 0.528. The van der Waals surface area contributed by atoms with Gasteiger partial charge in [0.1, 0.15) is 23.1 Å². The third-order valence-electron chi connectivity index (χ3n) is 5.20. The zero-order valence-electron chi connectivity index (χ0n) is 19.0. The Bertz CT molecular complexity index is 1190. The normalized spacial score (nSPS) is 10.6. The van der Waals surface area contributed by atoms with Gasteiger partial charge < -0.3 is 24.8 Å². The van der Waals surface area contributed by atoms with Gasteiger partial charge in [-0.25, -0.2) is 4.98 Å². The zero-order valence-corrected chi connectivity index (χ0v) is 19.0. The lowest BCUT2D eigenvalue weighted by atomic mass is 10.1. The van der Waals surface area contributed by atoms with Crippen LogP contribution in [0.4, 0.5) is 11.8 Å². The van der Waals surface area contributed by atoms with E-state index in [2.05, 4.69) is 32.7 Å². The Hall–Kier alpha value is -4.07. The molecule has 0 saturated heterocycles. The summed E-state index contributed by atoms with van der Waals surface area (Å²) in [6, 6.07) is 17.6. The van der Waals surface area contributed by atoms with E-state index in [1.54, 1.807) is 27.5 Å². The molecule has 0 atom stereocenters. The van der Waals surface area contributed by atoms with Gasteiger partial charge in [0.15, 0.2) is 5.65 Å². The van der Waals surface area contributed by atoms with Crippen molar-refractivity contribution in [2.75, 3.05) is 38.5 Å². The first-order chi connectivity index (χ1) is 16.2. The summed E-state index contributed by atoms with van der Waals surface area (Å²) in [4.78, 5) is 13.7. The lowest BCUT2D eigenvalue weighted by Gasteiger charge is -2.13. The molecule has 2 heterocycles. The molecule has 170 valence electrons. The van der Waals surface area contributed by atoms with Crippen molar-refractivity contribution >= 4 is 22.8 Å². The second-order valence-corrected chi connectivity index (χ2v) is 7.37. The van der Waals surface area contributed by atoms with Crippen molar-refractivity contribution in [2.24, 2.45) is 0 Å². The molecule has 0 amide bonds. The maximum atomic E-state index is 5.37. The van der Waals surface area contributed by atoms with Gasteiger partial charge in [-0.3, -0.25) is 0 Å². The topological polar surface area (TPSA) is 90.4 Å². The quantitative estimate of drug-likeness (QED) is 0.373. The molecule has 8 nitrogen and oxygen atoms in total. The fourth-order valence-electron chi connectivity index (χ4n) is 3.44. The number of nitrogens with one attached hydrogen (secondary N) is 2. The van der Waals surface area contributed by atoms with E-state index in [1.165, 1.54) is 5.56 Å². The highest BCUT2D eigenvalue weighted by atomic mass is 16.5. The van der Waals surface area contributed by atoms with Gasteiger partial charge in [-0.2, -0.15) is 9.97 Å². The van der Waals surface area contributed by atoms with Crippen LogP contribution in [0.1, 0.15) is 11.1 Å². The number of benzene rings is 2. The Kier molecular flexibility index (Phi) is 7.04. The number of rotatable bonds is 10. The summed E-state index contributed by atoms with van der Waals surface area (Å²) >= 11 is 0. The number of hydrogen-bond donors (Lipinski definition) is 2. The molecule has 0 aliphatic heterocycles. The average Bonchev–Trinajstić information content (AvgIpc) is 2.87. The van der Waals surface area contributed by atoms with Crippen LogP contribution in [0.3, 0.4) is 0 Å². The van der Waals surface area contributed by atoms with Crippen LogP contribution in [0, 0.1) is 0 Å². The Morgan fingerprint density at radius 1 is 0.758 bits per heavy atom. The molecule has 8 heteroatoms. The smallest absolute Gasteiger partial charge is 0.226 e. The Balaban J connectivity index is 1.49. The van der Waals surface area contributed by atoms with E-state index >= 15 is 0 Å². The molecule has 0 unspecified atom stereocenters. The predicted octanol–water partition coefficient (Wildman–Crippen LogP) is 4.32. The van der Waals surface area contributed by atoms with Crippen LogP contribution in [0.5, 0.6) is 17.2 Å². The maximum absolute atomic E-state index is 5.37. The third-order valence-corrected chi connectivity index (χ3v) is 5.20. The number of fused-ring (bicyclic) bond motifs is 1. The Morgan fingerprint density at radius 3 is 2.18 bits per heavy atom. The van der Waals surface area contributed by atoms with E-state index in [0.29, 0.717) is 30.5 Å². The molecule has 2 N–H and O–H groups in total. The molecule has 2 aromatic carbocycles. The highest BCUT2D eigenvalue weighted by Crippen LogP contribution is 2.25. The lowest BCUT2D eigenvalue weighted by Crippen LogP contribution is -2.11. The molecular weight excluding hydrogens is 418 g/mol. The fourth-order valence-corrected chi connectivity index (χ4v) is 3.44. The van der Waals surface area contributed by atoms with Gasteiger partial charge >= 0.3 is 0 Å². The first-order valence-corrected chi connectivity index (χ1v) is 10.6. The van der Waals surface area contributed by atoms with E-state index in [4.69, 9.17) is 19.2 Å². The summed E-state index contributed by atoms with van der Waals surface area (Å²) in [7, 11) is 4.94. The molecule has 33 heavy (non-hydrogen) atoms. The molecule has 4 aromatic rings. The summed E-state index contributed by atoms with van der Waals surface area (Å²) in [6.45, 7) is 1.23. The zero-order chi connectivity index (χ0) is 23.0. The van der Waals surface area contributed by atoms with Gasteiger partial charge in [0, 0.05) is 25.4 Å². The SMILES string of the molecule is COc1ccc(CCNc2nc(NCc3cc(OC)cc(OC)c3)c3cccnc3n2)cc1. The number of nitrogens with zero attached hydrogens (tertiary/aromatic N) is 3. The van der Waals surface area contributed by atoms with Crippen LogP contribution < -0.4 is 24.8 Å². The number of aromatic nitrogens is 3.